The molecule has 0 fully saturated rings. The first-order valence-corrected chi connectivity index (χ1v) is 7.27. The standard InChI is InChI=1S/C16H18N2O2/c1-9-7-10-8-12-11(3-4-13(19)18-12)14(9)15-16(10,20)5-2-6-17-15/h3-4,7,10,14,20H,2,5-6,8H2,1H3,(H,18,19)/t10-,14+,16-/m0/s1. The zero-order valence-electron chi connectivity index (χ0n) is 11.5. The summed E-state index contributed by atoms with van der Waals surface area (Å²) >= 11 is 0. The van der Waals surface area contributed by atoms with E-state index in [4.69, 9.17) is 0 Å². The maximum atomic E-state index is 11.6. The van der Waals surface area contributed by atoms with Gasteiger partial charge >= 0.3 is 0 Å². The largest absolute Gasteiger partial charge is 0.383 e. The van der Waals surface area contributed by atoms with E-state index in [1.54, 1.807) is 6.07 Å². The molecule has 2 bridgehead atoms. The summed E-state index contributed by atoms with van der Waals surface area (Å²) in [5, 5.41) is 11.2. The summed E-state index contributed by atoms with van der Waals surface area (Å²) in [5.74, 6) is 0.0583. The van der Waals surface area contributed by atoms with Crippen molar-refractivity contribution in [2.24, 2.45) is 10.9 Å². The summed E-state index contributed by atoms with van der Waals surface area (Å²) < 4.78 is 0. The highest BCUT2D eigenvalue weighted by atomic mass is 16.3. The molecule has 1 aromatic heterocycles. The predicted octanol–water partition coefficient (Wildman–Crippen LogP) is 1.56. The Bertz CT molecular complexity index is 701. The van der Waals surface area contributed by atoms with Crippen molar-refractivity contribution in [3.63, 3.8) is 0 Å². The molecule has 4 nitrogen and oxygen atoms in total. The molecule has 0 amide bonds. The molecule has 1 aromatic rings. The molecule has 0 aromatic carbocycles. The van der Waals surface area contributed by atoms with Gasteiger partial charge in [-0.05, 0) is 31.7 Å². The van der Waals surface area contributed by atoms with E-state index < -0.39 is 5.60 Å². The lowest BCUT2D eigenvalue weighted by Crippen LogP contribution is -2.51. The summed E-state index contributed by atoms with van der Waals surface area (Å²) in [5.41, 5.74) is 3.34. The fourth-order valence-corrected chi connectivity index (χ4v) is 4.10. The summed E-state index contributed by atoms with van der Waals surface area (Å²) in [4.78, 5) is 19.2. The maximum Gasteiger partial charge on any atom is 0.248 e. The molecule has 1 aliphatic heterocycles. The lowest BCUT2D eigenvalue weighted by molar-refractivity contribution is 0.0488. The third-order valence-electron chi connectivity index (χ3n) is 5.02. The van der Waals surface area contributed by atoms with Crippen LogP contribution in [-0.2, 0) is 6.42 Å². The van der Waals surface area contributed by atoms with Gasteiger partial charge in [-0.15, -0.1) is 0 Å². The molecule has 2 N–H and O–H groups in total. The Balaban J connectivity index is 2.00. The Kier molecular flexibility index (Phi) is 2.37. The first-order chi connectivity index (χ1) is 9.59. The SMILES string of the molecule is CC1=C[C@H]2Cc3[nH]c(=O)ccc3[C@@H]1C1=NCCC[C@@]12O. The Morgan fingerprint density at radius 3 is 3.15 bits per heavy atom. The first kappa shape index (κ1) is 12.1. The Morgan fingerprint density at radius 1 is 1.45 bits per heavy atom. The first-order valence-electron chi connectivity index (χ1n) is 7.27. The van der Waals surface area contributed by atoms with Crippen LogP contribution in [0.4, 0.5) is 0 Å². The highest BCUT2D eigenvalue weighted by molar-refractivity contribution is 6.02. The van der Waals surface area contributed by atoms with Crippen molar-refractivity contribution in [2.45, 2.75) is 37.7 Å². The van der Waals surface area contributed by atoms with Crippen LogP contribution >= 0.6 is 0 Å². The van der Waals surface area contributed by atoms with Crippen LogP contribution < -0.4 is 5.56 Å². The minimum atomic E-state index is -0.821. The molecule has 0 saturated carbocycles. The van der Waals surface area contributed by atoms with Crippen molar-refractivity contribution in [1.82, 2.24) is 4.98 Å². The summed E-state index contributed by atoms with van der Waals surface area (Å²) in [7, 11) is 0. The molecule has 4 aliphatic rings. The van der Waals surface area contributed by atoms with Crippen molar-refractivity contribution < 1.29 is 5.11 Å². The maximum absolute atomic E-state index is 11.6. The molecule has 20 heavy (non-hydrogen) atoms. The number of allylic oxidation sites excluding steroid dienone is 1. The van der Waals surface area contributed by atoms with Gasteiger partial charge in [-0.1, -0.05) is 17.7 Å². The van der Waals surface area contributed by atoms with Crippen LogP contribution in [-0.4, -0.2) is 27.9 Å². The number of nitrogens with zero attached hydrogens (tertiary/aromatic N) is 1. The Morgan fingerprint density at radius 2 is 2.30 bits per heavy atom. The number of hydrogen-bond acceptors (Lipinski definition) is 3. The van der Waals surface area contributed by atoms with Crippen molar-refractivity contribution >= 4 is 5.71 Å². The lowest BCUT2D eigenvalue weighted by atomic mass is 9.67. The smallest absolute Gasteiger partial charge is 0.248 e. The number of hydrogen-bond donors (Lipinski definition) is 2. The average molecular weight is 270 g/mol. The van der Waals surface area contributed by atoms with Gasteiger partial charge in [0.25, 0.3) is 0 Å². The van der Waals surface area contributed by atoms with Crippen LogP contribution in [0.25, 0.3) is 0 Å². The van der Waals surface area contributed by atoms with Gasteiger partial charge in [-0.2, -0.15) is 0 Å². The van der Waals surface area contributed by atoms with Crippen LogP contribution in [0.2, 0.25) is 0 Å². The van der Waals surface area contributed by atoms with E-state index in [0.29, 0.717) is 6.42 Å². The van der Waals surface area contributed by atoms with E-state index in [1.807, 2.05) is 6.07 Å². The number of nitrogens with one attached hydrogen (secondary N) is 1. The van der Waals surface area contributed by atoms with Crippen LogP contribution in [0.15, 0.2) is 33.6 Å². The summed E-state index contributed by atoms with van der Waals surface area (Å²) in [6, 6.07) is 3.48. The van der Waals surface area contributed by atoms with E-state index in [9.17, 15) is 9.90 Å². The zero-order valence-corrected chi connectivity index (χ0v) is 11.5. The third kappa shape index (κ3) is 1.45. The molecule has 5 rings (SSSR count). The number of H-pyrrole nitrogens is 1. The van der Waals surface area contributed by atoms with Gasteiger partial charge in [0, 0.05) is 30.1 Å². The molecule has 3 aliphatic carbocycles. The molecule has 3 atom stereocenters. The van der Waals surface area contributed by atoms with Crippen LogP contribution in [0, 0.1) is 5.92 Å². The fraction of sp³-hybridized carbons (Fsp3) is 0.500. The van der Waals surface area contributed by atoms with Gasteiger partial charge in [0.15, 0.2) is 0 Å². The molecule has 0 saturated heterocycles. The van der Waals surface area contributed by atoms with Crippen LogP contribution in [0.5, 0.6) is 0 Å². The second kappa shape index (κ2) is 3.92. The highest BCUT2D eigenvalue weighted by Gasteiger charge is 2.51. The Hall–Kier alpha value is -1.68. The van der Waals surface area contributed by atoms with E-state index in [2.05, 4.69) is 23.0 Å². The quantitative estimate of drug-likeness (QED) is 0.703. The second-order valence-corrected chi connectivity index (χ2v) is 6.21. The normalized spacial score (nSPS) is 34.7. The number of aliphatic imine (C=N–C) groups is 1. The zero-order chi connectivity index (χ0) is 13.9. The monoisotopic (exact) mass is 270 g/mol. The topological polar surface area (TPSA) is 65.5 Å². The van der Waals surface area contributed by atoms with E-state index in [1.165, 1.54) is 5.57 Å². The third-order valence-corrected chi connectivity index (χ3v) is 5.02. The Labute approximate surface area is 117 Å². The molecule has 4 heteroatoms. The minimum absolute atomic E-state index is 0.0251. The molecule has 0 radical (unpaired) electrons. The highest BCUT2D eigenvalue weighted by Crippen LogP contribution is 2.48. The number of aromatic amines is 1. The number of rotatable bonds is 0. The van der Waals surface area contributed by atoms with Gasteiger partial charge in [0.2, 0.25) is 5.56 Å². The molecule has 2 heterocycles. The molecular formula is C16H18N2O2. The van der Waals surface area contributed by atoms with Gasteiger partial charge in [-0.25, -0.2) is 0 Å². The molecule has 104 valence electrons. The van der Waals surface area contributed by atoms with Crippen molar-refractivity contribution in [3.8, 4) is 0 Å². The van der Waals surface area contributed by atoms with E-state index >= 15 is 0 Å². The van der Waals surface area contributed by atoms with Crippen LogP contribution in [0.3, 0.4) is 0 Å². The summed E-state index contributed by atoms with van der Waals surface area (Å²) in [6.07, 6.45) is 4.58. The average Bonchev–Trinajstić information content (AvgIpc) is 2.61. The van der Waals surface area contributed by atoms with Crippen molar-refractivity contribution in [1.29, 1.82) is 0 Å². The fourth-order valence-electron chi connectivity index (χ4n) is 4.10. The van der Waals surface area contributed by atoms with Gasteiger partial charge in [-0.3, -0.25) is 9.79 Å². The molecular weight excluding hydrogens is 252 g/mol. The van der Waals surface area contributed by atoms with Crippen molar-refractivity contribution in [2.75, 3.05) is 6.54 Å². The van der Waals surface area contributed by atoms with Gasteiger partial charge in [0.05, 0.1) is 5.71 Å². The number of pyridine rings is 1. The number of aromatic nitrogens is 1. The van der Waals surface area contributed by atoms with Gasteiger partial charge in [0.1, 0.15) is 5.60 Å². The minimum Gasteiger partial charge on any atom is -0.383 e. The van der Waals surface area contributed by atoms with E-state index in [-0.39, 0.29) is 17.4 Å². The predicted molar refractivity (Wildman–Crippen MR) is 77.2 cm³/mol. The lowest BCUT2D eigenvalue weighted by Gasteiger charge is -2.43. The number of aliphatic hydroxyl groups is 1. The van der Waals surface area contributed by atoms with Crippen molar-refractivity contribution in [3.05, 3.63) is 45.4 Å². The summed E-state index contributed by atoms with van der Waals surface area (Å²) in [6.45, 7) is 2.90. The molecule has 0 spiro atoms. The van der Waals surface area contributed by atoms with Crippen LogP contribution in [0.1, 0.15) is 36.9 Å². The van der Waals surface area contributed by atoms with E-state index in [0.717, 1.165) is 36.4 Å². The molecule has 0 unspecified atom stereocenters. The second-order valence-electron chi connectivity index (χ2n) is 6.21. The van der Waals surface area contributed by atoms with Gasteiger partial charge < -0.3 is 10.1 Å².